The van der Waals surface area contributed by atoms with Crippen LogP contribution in [0, 0.1) is 0 Å². The van der Waals surface area contributed by atoms with Gasteiger partial charge in [0.2, 0.25) is 0 Å². The van der Waals surface area contributed by atoms with E-state index in [1.807, 2.05) is 58.0 Å². The van der Waals surface area contributed by atoms with Gasteiger partial charge in [-0.3, -0.25) is 0 Å². The van der Waals surface area contributed by atoms with Crippen LogP contribution < -0.4 is 0 Å². The first kappa shape index (κ1) is 29.8. The van der Waals surface area contributed by atoms with Gasteiger partial charge in [0.1, 0.15) is 4.99 Å². The minimum Gasteiger partial charge on any atom is -0.357 e. The zero-order chi connectivity index (χ0) is 29.4. The summed E-state index contributed by atoms with van der Waals surface area (Å²) in [7, 11) is 0. The third-order valence-corrected chi connectivity index (χ3v) is 8.18. The van der Waals surface area contributed by atoms with Gasteiger partial charge in [-0.25, -0.2) is 0 Å². The Morgan fingerprint density at radius 3 is 1.48 bits per heavy atom. The summed E-state index contributed by atoms with van der Waals surface area (Å²) in [5.41, 5.74) is 1.54. The second-order valence-corrected chi connectivity index (χ2v) is 11.3. The molecule has 4 aromatic rings. The van der Waals surface area contributed by atoms with Gasteiger partial charge in [0.05, 0.1) is 11.1 Å². The summed E-state index contributed by atoms with van der Waals surface area (Å²) in [4.78, 5) is 4.00. The van der Waals surface area contributed by atoms with Crippen LogP contribution in [0.15, 0.2) is 78.9 Å². The molecule has 0 saturated carbocycles. The number of rotatable bonds is 6. The molecule has 0 amide bonds. The molecule has 0 fully saturated rings. The number of halogens is 6. The van der Waals surface area contributed by atoms with Gasteiger partial charge in [-0.1, -0.05) is 66.8 Å². The highest BCUT2D eigenvalue weighted by Crippen LogP contribution is 2.49. The summed E-state index contributed by atoms with van der Waals surface area (Å²) in [6.45, 7) is 8.04. The molecule has 40 heavy (non-hydrogen) atoms. The normalized spacial score (nSPS) is 12.3. The minimum absolute atomic E-state index is 0.0194. The molecule has 0 aliphatic rings. The molecule has 4 rings (SSSR count). The van der Waals surface area contributed by atoms with Gasteiger partial charge in [-0.15, -0.1) is 11.3 Å². The molecular formula is C31H27F6NS2. The Balaban J connectivity index is 2.06. The Kier molecular flexibility index (Phi) is 8.47. The van der Waals surface area contributed by atoms with Crippen molar-refractivity contribution in [3.05, 3.63) is 95.6 Å². The van der Waals surface area contributed by atoms with Gasteiger partial charge in [0, 0.05) is 33.0 Å². The lowest BCUT2D eigenvalue weighted by atomic mass is 9.93. The van der Waals surface area contributed by atoms with Crippen molar-refractivity contribution >= 4 is 28.5 Å². The van der Waals surface area contributed by atoms with Crippen molar-refractivity contribution < 1.29 is 26.3 Å². The summed E-state index contributed by atoms with van der Waals surface area (Å²) in [6.07, 6.45) is -9.01. The molecule has 210 valence electrons. The van der Waals surface area contributed by atoms with Crippen LogP contribution in [-0.4, -0.2) is 22.0 Å². The average molecular weight is 592 g/mol. The first-order valence-corrected chi connectivity index (χ1v) is 13.8. The number of hydrogen-bond acceptors (Lipinski definition) is 2. The minimum atomic E-state index is -4.51. The molecule has 0 aliphatic heterocycles. The summed E-state index contributed by atoms with van der Waals surface area (Å²) >= 11 is 7.45. The molecule has 1 aromatic heterocycles. The molecule has 0 spiro atoms. The van der Waals surface area contributed by atoms with E-state index in [1.165, 1.54) is 35.6 Å². The standard InChI is InChI=1S/C31H27F6NS2/c1-18(2)38(19(3)4)29(39)26-25(20-10-14-23(15-11-20)30(32,33)34)27(40-28(26)21-8-6-5-7-9-21)22-12-16-24(17-13-22)31(35,36)37/h5-19H,1-4H3. The molecular weight excluding hydrogens is 564 g/mol. The fourth-order valence-electron chi connectivity index (χ4n) is 4.74. The van der Waals surface area contributed by atoms with Crippen LogP contribution in [0.3, 0.4) is 0 Å². The maximum absolute atomic E-state index is 13.4. The van der Waals surface area contributed by atoms with Crippen molar-refractivity contribution in [1.29, 1.82) is 0 Å². The largest absolute Gasteiger partial charge is 0.416 e. The lowest BCUT2D eigenvalue weighted by molar-refractivity contribution is -0.138. The van der Waals surface area contributed by atoms with Gasteiger partial charge in [-0.2, -0.15) is 26.3 Å². The SMILES string of the molecule is CC(C)N(C(=S)c1c(-c2ccccc2)sc(-c2ccc(C(F)(F)F)cc2)c1-c1ccc(C(F)(F)F)cc1)C(C)C. The molecule has 3 aromatic carbocycles. The Morgan fingerprint density at radius 2 is 1.05 bits per heavy atom. The predicted molar refractivity (Wildman–Crippen MR) is 154 cm³/mol. The van der Waals surface area contributed by atoms with E-state index < -0.39 is 23.5 Å². The number of benzene rings is 3. The number of hydrogen-bond donors (Lipinski definition) is 0. The van der Waals surface area contributed by atoms with Crippen molar-refractivity contribution in [3.63, 3.8) is 0 Å². The van der Waals surface area contributed by atoms with Crippen LogP contribution in [0.1, 0.15) is 44.4 Å². The molecule has 0 aliphatic carbocycles. The quantitative estimate of drug-likeness (QED) is 0.162. The average Bonchev–Trinajstić information content (AvgIpc) is 3.29. The number of nitrogens with zero attached hydrogens (tertiary/aromatic N) is 1. The summed E-state index contributed by atoms with van der Waals surface area (Å²) < 4.78 is 80.2. The Hall–Kier alpha value is -3.17. The van der Waals surface area contributed by atoms with Crippen molar-refractivity contribution in [2.24, 2.45) is 0 Å². The molecule has 1 nitrogen and oxygen atoms in total. The highest BCUT2D eigenvalue weighted by molar-refractivity contribution is 7.80. The van der Waals surface area contributed by atoms with E-state index in [4.69, 9.17) is 12.2 Å². The van der Waals surface area contributed by atoms with E-state index in [1.54, 1.807) is 0 Å². The van der Waals surface area contributed by atoms with Gasteiger partial charge in [-0.05, 0) is 68.7 Å². The fraction of sp³-hybridized carbons (Fsp3) is 0.258. The molecule has 1 heterocycles. The fourth-order valence-corrected chi connectivity index (χ4v) is 6.76. The predicted octanol–water partition coefficient (Wildman–Crippen LogP) is 10.6. The van der Waals surface area contributed by atoms with E-state index in [9.17, 15) is 26.3 Å². The van der Waals surface area contributed by atoms with Crippen LogP contribution >= 0.6 is 23.6 Å². The van der Waals surface area contributed by atoms with Gasteiger partial charge in [0.15, 0.2) is 0 Å². The van der Waals surface area contributed by atoms with Crippen molar-refractivity contribution in [2.45, 2.75) is 52.1 Å². The van der Waals surface area contributed by atoms with Gasteiger partial charge >= 0.3 is 12.4 Å². The van der Waals surface area contributed by atoms with Gasteiger partial charge < -0.3 is 4.90 Å². The van der Waals surface area contributed by atoms with Crippen molar-refractivity contribution in [3.8, 4) is 32.0 Å². The zero-order valence-corrected chi connectivity index (χ0v) is 23.8. The van der Waals surface area contributed by atoms with Crippen molar-refractivity contribution in [2.75, 3.05) is 0 Å². The first-order chi connectivity index (χ1) is 18.7. The maximum atomic E-state index is 13.4. The van der Waals surface area contributed by atoms with E-state index in [0.717, 1.165) is 34.7 Å². The lowest BCUT2D eigenvalue weighted by Gasteiger charge is -2.34. The zero-order valence-electron chi connectivity index (χ0n) is 22.2. The number of thiocarbonyl (C=S) groups is 1. The van der Waals surface area contributed by atoms with Crippen LogP contribution in [-0.2, 0) is 12.4 Å². The van der Waals surface area contributed by atoms with Crippen LogP contribution in [0.5, 0.6) is 0 Å². The molecule has 0 bridgehead atoms. The third-order valence-electron chi connectivity index (χ3n) is 6.48. The number of thiophene rings is 1. The molecule has 0 radical (unpaired) electrons. The van der Waals surface area contributed by atoms with Crippen molar-refractivity contribution in [1.82, 2.24) is 4.90 Å². The molecule has 0 saturated heterocycles. The van der Waals surface area contributed by atoms with E-state index in [-0.39, 0.29) is 12.1 Å². The van der Waals surface area contributed by atoms with E-state index in [2.05, 4.69) is 4.90 Å². The molecule has 9 heteroatoms. The van der Waals surface area contributed by atoms with Gasteiger partial charge in [0.25, 0.3) is 0 Å². The number of alkyl halides is 6. The third kappa shape index (κ3) is 6.10. The summed E-state index contributed by atoms with van der Waals surface area (Å²) in [6, 6.07) is 19.1. The van der Waals surface area contributed by atoms with Crippen LogP contribution in [0.25, 0.3) is 32.0 Å². The smallest absolute Gasteiger partial charge is 0.357 e. The van der Waals surface area contributed by atoms with Crippen LogP contribution in [0.2, 0.25) is 0 Å². The Labute approximate surface area is 239 Å². The van der Waals surface area contributed by atoms with Crippen LogP contribution in [0.4, 0.5) is 26.3 Å². The summed E-state index contributed by atoms with van der Waals surface area (Å²) in [5, 5.41) is 0. The topological polar surface area (TPSA) is 3.24 Å². The monoisotopic (exact) mass is 591 g/mol. The van der Waals surface area contributed by atoms with E-state index >= 15 is 0 Å². The first-order valence-electron chi connectivity index (χ1n) is 12.6. The lowest BCUT2D eigenvalue weighted by Crippen LogP contribution is -2.41. The maximum Gasteiger partial charge on any atom is 0.416 e. The summed E-state index contributed by atoms with van der Waals surface area (Å²) in [5.74, 6) is 0. The molecule has 0 atom stereocenters. The Bertz CT molecular complexity index is 1460. The second kappa shape index (κ2) is 11.4. The molecule has 0 N–H and O–H groups in total. The van der Waals surface area contributed by atoms with E-state index in [0.29, 0.717) is 32.1 Å². The Morgan fingerprint density at radius 1 is 0.625 bits per heavy atom. The highest BCUT2D eigenvalue weighted by Gasteiger charge is 2.33. The molecule has 0 unspecified atom stereocenters. The highest BCUT2D eigenvalue weighted by atomic mass is 32.1. The second-order valence-electron chi connectivity index (χ2n) is 9.93.